The highest BCUT2D eigenvalue weighted by Crippen LogP contribution is 2.38. The number of carboxylic acids is 1. The average Bonchev–Trinajstić information content (AvgIpc) is 3.21. The molecular formula is C22H28N4O2. The third-order valence-electron chi connectivity index (χ3n) is 5.12. The summed E-state index contributed by atoms with van der Waals surface area (Å²) in [5, 5.41) is 13.4. The van der Waals surface area contributed by atoms with Crippen molar-refractivity contribution < 1.29 is 9.90 Å². The fourth-order valence-electron chi connectivity index (χ4n) is 3.91. The Kier molecular flexibility index (Phi) is 5.97. The predicted octanol–water partition coefficient (Wildman–Crippen LogP) is 4.71. The second-order valence-corrected chi connectivity index (χ2v) is 7.22. The Balaban J connectivity index is 2.24. The molecule has 1 unspecified atom stereocenters. The Morgan fingerprint density at radius 2 is 2.18 bits per heavy atom. The van der Waals surface area contributed by atoms with E-state index in [2.05, 4.69) is 21.4 Å². The van der Waals surface area contributed by atoms with Crippen molar-refractivity contribution in [2.75, 3.05) is 5.32 Å². The second kappa shape index (κ2) is 8.42. The fraction of sp³-hybridized carbons (Fsp3) is 0.409. The molecule has 3 rings (SSSR count). The van der Waals surface area contributed by atoms with Gasteiger partial charge in [-0.05, 0) is 32.8 Å². The maximum atomic E-state index is 12.1. The molecule has 148 valence electrons. The molecule has 2 aromatic heterocycles. The van der Waals surface area contributed by atoms with Crippen LogP contribution in [0.1, 0.15) is 56.1 Å². The minimum atomic E-state index is -0.816. The van der Waals surface area contributed by atoms with Crippen LogP contribution in [0.2, 0.25) is 0 Å². The van der Waals surface area contributed by atoms with Crippen molar-refractivity contribution in [2.24, 2.45) is 0 Å². The number of hydrogen-bond donors (Lipinski definition) is 2. The van der Waals surface area contributed by atoms with Crippen molar-refractivity contribution in [1.82, 2.24) is 14.5 Å². The zero-order chi connectivity index (χ0) is 20.3. The van der Waals surface area contributed by atoms with E-state index in [-0.39, 0.29) is 0 Å². The van der Waals surface area contributed by atoms with Gasteiger partial charge >= 0.3 is 5.97 Å². The Hall–Kier alpha value is -2.89. The Morgan fingerprint density at radius 1 is 1.39 bits per heavy atom. The Labute approximate surface area is 165 Å². The number of nitrogens with one attached hydrogen (secondary N) is 1. The van der Waals surface area contributed by atoms with Crippen LogP contribution in [0.5, 0.6) is 0 Å². The normalized spacial score (nSPS) is 15.2. The van der Waals surface area contributed by atoms with Crippen LogP contribution in [0.15, 0.2) is 36.6 Å². The topological polar surface area (TPSA) is 80.0 Å². The van der Waals surface area contributed by atoms with E-state index >= 15 is 0 Å². The van der Waals surface area contributed by atoms with E-state index in [9.17, 15) is 9.90 Å². The fourth-order valence-corrected chi connectivity index (χ4v) is 3.91. The van der Waals surface area contributed by atoms with Gasteiger partial charge in [-0.15, -0.1) is 0 Å². The van der Waals surface area contributed by atoms with Gasteiger partial charge in [0.1, 0.15) is 11.3 Å². The largest absolute Gasteiger partial charge is 0.481 e. The van der Waals surface area contributed by atoms with Crippen molar-refractivity contribution in [3.05, 3.63) is 53.7 Å². The second-order valence-electron chi connectivity index (χ2n) is 7.22. The maximum Gasteiger partial charge on any atom is 0.311 e. The first-order valence-electron chi connectivity index (χ1n) is 9.83. The molecule has 28 heavy (non-hydrogen) atoms. The summed E-state index contributed by atoms with van der Waals surface area (Å²) in [7, 11) is 0. The number of carbonyl (C=O) groups is 1. The van der Waals surface area contributed by atoms with Crippen LogP contribution in [0.4, 0.5) is 5.69 Å². The molecule has 1 aliphatic rings. The van der Waals surface area contributed by atoms with E-state index in [1.165, 1.54) is 0 Å². The summed E-state index contributed by atoms with van der Waals surface area (Å²) in [6.07, 6.45) is 10.8. The molecule has 1 aliphatic heterocycles. The minimum Gasteiger partial charge on any atom is -0.481 e. The van der Waals surface area contributed by atoms with Gasteiger partial charge in [0.15, 0.2) is 5.65 Å². The van der Waals surface area contributed by atoms with Crippen molar-refractivity contribution in [2.45, 2.75) is 58.9 Å². The summed E-state index contributed by atoms with van der Waals surface area (Å²) in [4.78, 5) is 21.5. The molecule has 0 spiro atoms. The predicted molar refractivity (Wildman–Crippen MR) is 113 cm³/mol. The lowest BCUT2D eigenvalue weighted by Crippen LogP contribution is -2.17. The molecule has 1 atom stereocenters. The van der Waals surface area contributed by atoms with Gasteiger partial charge in [0.05, 0.1) is 11.6 Å². The van der Waals surface area contributed by atoms with E-state index < -0.39 is 11.9 Å². The molecule has 0 fully saturated rings. The number of pyridine rings is 1. The number of allylic oxidation sites excluding steroid dienone is 5. The molecule has 0 saturated heterocycles. The van der Waals surface area contributed by atoms with Crippen LogP contribution < -0.4 is 5.32 Å². The van der Waals surface area contributed by atoms with Gasteiger partial charge in [0.2, 0.25) is 0 Å². The van der Waals surface area contributed by atoms with Gasteiger partial charge in [-0.1, -0.05) is 38.2 Å². The van der Waals surface area contributed by atoms with Gasteiger partial charge in [0, 0.05) is 29.9 Å². The van der Waals surface area contributed by atoms with Crippen molar-refractivity contribution in [1.29, 1.82) is 0 Å². The van der Waals surface area contributed by atoms with Crippen LogP contribution in [0, 0.1) is 6.92 Å². The molecule has 0 bridgehead atoms. The number of carboxylic acid groups (broad SMARTS) is 1. The van der Waals surface area contributed by atoms with Crippen molar-refractivity contribution in [3.63, 3.8) is 0 Å². The third-order valence-corrected chi connectivity index (χ3v) is 5.12. The van der Waals surface area contributed by atoms with E-state index in [0.717, 1.165) is 59.8 Å². The summed E-state index contributed by atoms with van der Waals surface area (Å²) in [5.41, 5.74) is 4.83. The molecule has 0 aromatic carbocycles. The number of aliphatic carboxylic acids is 1. The lowest BCUT2D eigenvalue weighted by molar-refractivity contribution is -0.139. The van der Waals surface area contributed by atoms with Gasteiger partial charge in [-0.2, -0.15) is 0 Å². The molecule has 0 saturated carbocycles. The minimum absolute atomic E-state index is 0.568. The zero-order valence-corrected chi connectivity index (χ0v) is 16.8. The molecule has 0 amide bonds. The van der Waals surface area contributed by atoms with E-state index in [4.69, 9.17) is 4.98 Å². The number of rotatable bonds is 8. The van der Waals surface area contributed by atoms with Crippen molar-refractivity contribution in [3.8, 4) is 0 Å². The Morgan fingerprint density at radius 3 is 2.86 bits per heavy atom. The smallest absolute Gasteiger partial charge is 0.311 e. The number of fused-ring (bicyclic) bond motifs is 3. The van der Waals surface area contributed by atoms with E-state index in [1.807, 2.05) is 39.0 Å². The number of hydrogen-bond acceptors (Lipinski definition) is 4. The van der Waals surface area contributed by atoms with E-state index in [0.29, 0.717) is 12.1 Å². The standard InChI is InChI=1S/C22H28N4O2/c1-5-7-8-11-14(3)23-19-18(16(10-6-2)22(27)28)15(4)24-21-20(19)26-13-9-12-17(26)25-21/h5,7-8,11,16H,1,6,9-10,12-13H2,2-4H3,(H,23,24)(H,27,28)/b8-7-,14-11+. The Bertz CT molecular complexity index is 969. The lowest BCUT2D eigenvalue weighted by Gasteiger charge is -2.21. The molecule has 6 nitrogen and oxygen atoms in total. The first-order chi connectivity index (χ1) is 13.5. The van der Waals surface area contributed by atoms with Crippen LogP contribution in [-0.4, -0.2) is 25.6 Å². The van der Waals surface area contributed by atoms with Gasteiger partial charge in [-0.25, -0.2) is 9.97 Å². The summed E-state index contributed by atoms with van der Waals surface area (Å²) in [6.45, 7) is 10.4. The van der Waals surface area contributed by atoms with Gasteiger partial charge in [-0.3, -0.25) is 4.79 Å². The SMILES string of the molecule is C=C/C=C\C=C(/C)Nc1c(C(CCC)C(=O)O)c(C)nc2nc3n(c12)CCC3. The summed E-state index contributed by atoms with van der Waals surface area (Å²) >= 11 is 0. The summed E-state index contributed by atoms with van der Waals surface area (Å²) in [6, 6.07) is 0. The zero-order valence-electron chi connectivity index (χ0n) is 16.8. The van der Waals surface area contributed by atoms with Crippen molar-refractivity contribution >= 4 is 22.8 Å². The van der Waals surface area contributed by atoms with Gasteiger partial charge in [0.25, 0.3) is 0 Å². The van der Waals surface area contributed by atoms with Crippen LogP contribution in [-0.2, 0) is 17.8 Å². The molecule has 3 heterocycles. The molecule has 0 radical (unpaired) electrons. The van der Waals surface area contributed by atoms with E-state index in [1.54, 1.807) is 6.08 Å². The van der Waals surface area contributed by atoms with Crippen LogP contribution >= 0.6 is 0 Å². The highest BCUT2D eigenvalue weighted by atomic mass is 16.4. The monoisotopic (exact) mass is 380 g/mol. The van der Waals surface area contributed by atoms with Crippen LogP contribution in [0.3, 0.4) is 0 Å². The quantitative estimate of drug-likeness (QED) is 0.648. The molecule has 6 heteroatoms. The summed E-state index contributed by atoms with van der Waals surface area (Å²) in [5.74, 6) is -0.394. The number of anilines is 1. The highest BCUT2D eigenvalue weighted by molar-refractivity contribution is 5.93. The molecule has 0 aliphatic carbocycles. The first-order valence-corrected chi connectivity index (χ1v) is 9.83. The number of aryl methyl sites for hydroxylation is 3. The maximum absolute atomic E-state index is 12.1. The van der Waals surface area contributed by atoms with Crippen LogP contribution in [0.25, 0.3) is 11.2 Å². The lowest BCUT2D eigenvalue weighted by atomic mass is 9.91. The molecular weight excluding hydrogens is 352 g/mol. The highest BCUT2D eigenvalue weighted by Gasteiger charge is 2.29. The molecule has 2 N–H and O–H groups in total. The number of imidazole rings is 1. The van der Waals surface area contributed by atoms with Gasteiger partial charge < -0.3 is 15.0 Å². The number of aromatic nitrogens is 3. The third kappa shape index (κ3) is 3.72. The molecule has 2 aromatic rings. The first kappa shape index (κ1) is 19.9. The number of nitrogens with zero attached hydrogens (tertiary/aromatic N) is 3. The summed E-state index contributed by atoms with van der Waals surface area (Å²) < 4.78 is 2.19. The average molecular weight is 380 g/mol.